The molecule has 0 aliphatic rings. The number of ether oxygens (including phenoxy) is 1. The third-order valence-corrected chi connectivity index (χ3v) is 4.42. The molecule has 3 rings (SSSR count). The van der Waals surface area contributed by atoms with Gasteiger partial charge < -0.3 is 10.1 Å². The summed E-state index contributed by atoms with van der Waals surface area (Å²) in [7, 11) is 1.46. The van der Waals surface area contributed by atoms with Crippen molar-refractivity contribution >= 4 is 5.91 Å². The zero-order valence-electron chi connectivity index (χ0n) is 16.3. The van der Waals surface area contributed by atoms with Crippen molar-refractivity contribution in [2.24, 2.45) is 0 Å². The third kappa shape index (κ3) is 4.27. The summed E-state index contributed by atoms with van der Waals surface area (Å²) in [6.45, 7) is 3.46. The molecule has 6 nitrogen and oxygen atoms in total. The monoisotopic (exact) mass is 422 g/mol. The van der Waals surface area contributed by atoms with E-state index in [4.69, 9.17) is 4.74 Å². The minimum absolute atomic E-state index is 0.0799. The second kappa shape index (κ2) is 8.13. The van der Waals surface area contributed by atoms with Crippen LogP contribution >= 0.6 is 0 Å². The molecule has 0 radical (unpaired) electrons. The van der Waals surface area contributed by atoms with Gasteiger partial charge in [0, 0.05) is 5.56 Å². The van der Waals surface area contributed by atoms with E-state index in [2.05, 4.69) is 15.6 Å². The molecule has 10 heteroatoms. The normalized spacial score (nSPS) is 12.5. The van der Waals surface area contributed by atoms with Crippen molar-refractivity contribution in [1.29, 1.82) is 0 Å². The van der Waals surface area contributed by atoms with Crippen LogP contribution in [-0.4, -0.2) is 28.0 Å². The Bertz CT molecular complexity index is 1060. The minimum atomic E-state index is -4.92. The molecule has 158 valence electrons. The van der Waals surface area contributed by atoms with Crippen molar-refractivity contribution in [2.75, 3.05) is 7.11 Å². The molecule has 0 spiro atoms. The molecule has 1 N–H and O–H groups in total. The average Bonchev–Trinajstić information content (AvgIpc) is 3.14. The number of carbonyl (C=O) groups excluding carboxylic acids is 1. The number of alkyl halides is 3. The molecular weight excluding hydrogens is 404 g/mol. The van der Waals surface area contributed by atoms with Crippen LogP contribution in [0.25, 0.3) is 5.69 Å². The summed E-state index contributed by atoms with van der Waals surface area (Å²) in [6, 6.07) is 8.83. The summed E-state index contributed by atoms with van der Waals surface area (Å²) < 4.78 is 60.0. The van der Waals surface area contributed by atoms with Gasteiger partial charge in [0.2, 0.25) is 0 Å². The van der Waals surface area contributed by atoms with Crippen LogP contribution in [0.15, 0.2) is 42.5 Å². The number of nitrogens with zero attached hydrogens (tertiary/aromatic N) is 3. The van der Waals surface area contributed by atoms with E-state index in [1.165, 1.54) is 7.11 Å². The molecule has 0 saturated carbocycles. The van der Waals surface area contributed by atoms with Gasteiger partial charge >= 0.3 is 6.18 Å². The van der Waals surface area contributed by atoms with Gasteiger partial charge in [0.15, 0.2) is 11.4 Å². The summed E-state index contributed by atoms with van der Waals surface area (Å²) in [6.07, 6.45) is -4.92. The number of hydrogen-bond donors (Lipinski definition) is 1. The first-order valence-electron chi connectivity index (χ1n) is 8.86. The zero-order chi connectivity index (χ0) is 22.1. The highest BCUT2D eigenvalue weighted by molar-refractivity contribution is 5.93. The molecular formula is C20H18F4N4O2. The molecule has 0 aliphatic heterocycles. The topological polar surface area (TPSA) is 69.0 Å². The summed E-state index contributed by atoms with van der Waals surface area (Å²) in [5, 5.41) is 9.42. The van der Waals surface area contributed by atoms with Crippen LogP contribution in [0.4, 0.5) is 17.6 Å². The lowest BCUT2D eigenvalue weighted by Crippen LogP contribution is -2.30. The smallest absolute Gasteiger partial charge is 0.435 e. The van der Waals surface area contributed by atoms with Gasteiger partial charge in [0.25, 0.3) is 5.91 Å². The van der Waals surface area contributed by atoms with Crippen LogP contribution in [0.3, 0.4) is 0 Å². The fourth-order valence-corrected chi connectivity index (χ4v) is 2.99. The van der Waals surface area contributed by atoms with Gasteiger partial charge in [0.05, 0.1) is 18.8 Å². The number of methoxy groups -OCH3 is 1. The SMILES string of the molecule is COc1ccc(C)cc1C(C)NC(=O)c1nnn(-c2ccc(F)cc2)c1C(F)(F)F. The molecule has 1 atom stereocenters. The second-order valence-electron chi connectivity index (χ2n) is 6.61. The van der Waals surface area contributed by atoms with Gasteiger partial charge in [-0.15, -0.1) is 5.10 Å². The number of carbonyl (C=O) groups is 1. The molecule has 1 heterocycles. The van der Waals surface area contributed by atoms with Crippen molar-refractivity contribution in [3.63, 3.8) is 0 Å². The van der Waals surface area contributed by atoms with Crippen molar-refractivity contribution in [3.05, 3.63) is 70.8 Å². The number of amides is 1. The van der Waals surface area contributed by atoms with E-state index < -0.39 is 35.3 Å². The van der Waals surface area contributed by atoms with Crippen LogP contribution in [0.2, 0.25) is 0 Å². The van der Waals surface area contributed by atoms with Gasteiger partial charge in [-0.2, -0.15) is 13.2 Å². The first-order valence-corrected chi connectivity index (χ1v) is 8.86. The summed E-state index contributed by atoms with van der Waals surface area (Å²) >= 11 is 0. The van der Waals surface area contributed by atoms with Gasteiger partial charge in [-0.3, -0.25) is 4.79 Å². The Morgan fingerprint density at radius 2 is 1.83 bits per heavy atom. The number of aromatic nitrogens is 3. The molecule has 1 unspecified atom stereocenters. The highest BCUT2D eigenvalue weighted by Crippen LogP contribution is 2.33. The second-order valence-corrected chi connectivity index (χ2v) is 6.61. The highest BCUT2D eigenvalue weighted by Gasteiger charge is 2.42. The molecule has 2 aromatic carbocycles. The Kier molecular flexibility index (Phi) is 5.77. The predicted octanol–water partition coefficient (Wildman–Crippen LogP) is 4.23. The van der Waals surface area contributed by atoms with E-state index in [1.807, 2.05) is 13.0 Å². The van der Waals surface area contributed by atoms with E-state index in [0.29, 0.717) is 16.0 Å². The number of benzene rings is 2. The number of nitrogens with one attached hydrogen (secondary N) is 1. The lowest BCUT2D eigenvalue weighted by atomic mass is 10.0. The minimum Gasteiger partial charge on any atom is -0.496 e. The van der Waals surface area contributed by atoms with E-state index in [1.54, 1.807) is 19.1 Å². The lowest BCUT2D eigenvalue weighted by molar-refractivity contribution is -0.143. The summed E-state index contributed by atoms with van der Waals surface area (Å²) in [5.41, 5.74) is -0.820. The van der Waals surface area contributed by atoms with E-state index >= 15 is 0 Å². The van der Waals surface area contributed by atoms with Crippen molar-refractivity contribution in [2.45, 2.75) is 26.1 Å². The fraction of sp³-hybridized carbons (Fsp3) is 0.250. The maximum atomic E-state index is 13.7. The predicted molar refractivity (Wildman–Crippen MR) is 99.9 cm³/mol. The number of aryl methyl sites for hydroxylation is 1. The first kappa shape index (κ1) is 21.3. The van der Waals surface area contributed by atoms with Crippen molar-refractivity contribution < 1.29 is 27.1 Å². The molecule has 1 aromatic heterocycles. The fourth-order valence-electron chi connectivity index (χ4n) is 2.99. The quantitative estimate of drug-likeness (QED) is 0.625. The van der Waals surface area contributed by atoms with E-state index in [9.17, 15) is 22.4 Å². The Morgan fingerprint density at radius 1 is 1.17 bits per heavy atom. The van der Waals surface area contributed by atoms with Crippen LogP contribution in [0, 0.1) is 12.7 Å². The summed E-state index contributed by atoms with van der Waals surface area (Å²) in [5.74, 6) is -1.18. The maximum absolute atomic E-state index is 13.7. The Morgan fingerprint density at radius 3 is 2.43 bits per heavy atom. The van der Waals surface area contributed by atoms with Crippen LogP contribution in [-0.2, 0) is 6.18 Å². The maximum Gasteiger partial charge on any atom is 0.435 e. The van der Waals surface area contributed by atoms with E-state index in [0.717, 1.165) is 29.8 Å². The Hall–Kier alpha value is -3.43. The largest absolute Gasteiger partial charge is 0.496 e. The molecule has 0 fully saturated rings. The number of hydrogen-bond acceptors (Lipinski definition) is 4. The van der Waals surface area contributed by atoms with E-state index in [-0.39, 0.29) is 5.69 Å². The van der Waals surface area contributed by atoms with Crippen LogP contribution < -0.4 is 10.1 Å². The standard InChI is InChI=1S/C20H18F4N4O2/c1-11-4-9-16(30-3)15(10-11)12(2)25-19(29)17-18(20(22,23)24)28(27-26-17)14-7-5-13(21)6-8-14/h4-10,12H,1-3H3,(H,25,29). The van der Waals surface area contributed by atoms with Gasteiger partial charge in [-0.05, 0) is 44.2 Å². The number of halogens is 4. The van der Waals surface area contributed by atoms with Gasteiger partial charge in [-0.1, -0.05) is 22.9 Å². The van der Waals surface area contributed by atoms with Crippen LogP contribution in [0.5, 0.6) is 5.75 Å². The Balaban J connectivity index is 1.97. The molecule has 3 aromatic rings. The molecule has 0 aliphatic carbocycles. The third-order valence-electron chi connectivity index (χ3n) is 4.42. The summed E-state index contributed by atoms with van der Waals surface area (Å²) in [4.78, 5) is 12.7. The molecule has 0 bridgehead atoms. The zero-order valence-corrected chi connectivity index (χ0v) is 16.3. The molecule has 30 heavy (non-hydrogen) atoms. The average molecular weight is 422 g/mol. The lowest BCUT2D eigenvalue weighted by Gasteiger charge is -2.18. The van der Waals surface area contributed by atoms with Crippen molar-refractivity contribution in [3.8, 4) is 11.4 Å². The van der Waals surface area contributed by atoms with Crippen molar-refractivity contribution in [1.82, 2.24) is 20.3 Å². The Labute approximate surface area is 169 Å². The first-order chi connectivity index (χ1) is 14.1. The number of rotatable bonds is 5. The van der Waals surface area contributed by atoms with Gasteiger partial charge in [-0.25, -0.2) is 9.07 Å². The van der Waals surface area contributed by atoms with Gasteiger partial charge in [0.1, 0.15) is 11.6 Å². The molecule has 0 saturated heterocycles. The highest BCUT2D eigenvalue weighted by atomic mass is 19.4. The van der Waals surface area contributed by atoms with Crippen LogP contribution in [0.1, 0.15) is 40.3 Å². The molecule has 1 amide bonds.